The molecule has 2 saturated heterocycles. The number of carbonyl (C=O) groups excluding carboxylic acids is 1. The third-order valence-corrected chi connectivity index (χ3v) is 2.46. The van der Waals surface area contributed by atoms with E-state index >= 15 is 0 Å². The Morgan fingerprint density at radius 1 is 1.10 bits per heavy atom. The van der Waals surface area contributed by atoms with Gasteiger partial charge in [0.05, 0.1) is 12.2 Å². The first-order chi connectivity index (χ1) is 4.86. The van der Waals surface area contributed by atoms with Crippen molar-refractivity contribution in [2.24, 2.45) is 0 Å². The minimum atomic E-state index is -0.0856. The molecule has 2 heterocycles. The molecule has 0 aromatic carbocycles. The van der Waals surface area contributed by atoms with Crippen molar-refractivity contribution in [1.29, 1.82) is 0 Å². The van der Waals surface area contributed by atoms with Gasteiger partial charge in [-0.25, -0.2) is 0 Å². The number of ketones is 1. The average molecular weight is 140 g/mol. The molecular formula is C7H8O3. The van der Waals surface area contributed by atoms with Gasteiger partial charge in [0.1, 0.15) is 12.2 Å². The Morgan fingerprint density at radius 3 is 2.10 bits per heavy atom. The van der Waals surface area contributed by atoms with Gasteiger partial charge >= 0.3 is 0 Å². The molecule has 4 atom stereocenters. The molecule has 0 amide bonds. The minimum Gasteiger partial charge on any atom is -0.361 e. The topological polar surface area (TPSA) is 42.1 Å². The average Bonchev–Trinajstić information content (AvgIpc) is 2.76. The van der Waals surface area contributed by atoms with Crippen LogP contribution in [0.4, 0.5) is 0 Å². The van der Waals surface area contributed by atoms with Crippen LogP contribution in [0, 0.1) is 0 Å². The van der Waals surface area contributed by atoms with Gasteiger partial charge in [-0.05, 0) is 12.8 Å². The van der Waals surface area contributed by atoms with Crippen LogP contribution in [0.5, 0.6) is 0 Å². The van der Waals surface area contributed by atoms with E-state index in [1.54, 1.807) is 0 Å². The summed E-state index contributed by atoms with van der Waals surface area (Å²) < 4.78 is 10.3. The number of hydrogen-bond acceptors (Lipinski definition) is 3. The second-order valence-electron chi connectivity index (χ2n) is 3.17. The molecule has 0 radical (unpaired) electrons. The van der Waals surface area contributed by atoms with Crippen LogP contribution >= 0.6 is 0 Å². The third kappa shape index (κ3) is 0.545. The highest BCUT2D eigenvalue weighted by Crippen LogP contribution is 2.41. The summed E-state index contributed by atoms with van der Waals surface area (Å²) in [4.78, 5) is 11.2. The molecule has 0 N–H and O–H groups in total. The van der Waals surface area contributed by atoms with Crippen molar-refractivity contribution in [3.05, 3.63) is 0 Å². The molecule has 1 saturated carbocycles. The molecule has 0 aromatic heterocycles. The van der Waals surface area contributed by atoms with Gasteiger partial charge in [0, 0.05) is 0 Å². The molecule has 1 aliphatic carbocycles. The molecule has 2 aliphatic heterocycles. The van der Waals surface area contributed by atoms with Crippen LogP contribution in [0.2, 0.25) is 0 Å². The second-order valence-corrected chi connectivity index (χ2v) is 3.17. The summed E-state index contributed by atoms with van der Waals surface area (Å²) in [7, 11) is 0. The van der Waals surface area contributed by atoms with E-state index in [2.05, 4.69) is 0 Å². The Balaban J connectivity index is 1.88. The number of carbonyl (C=O) groups is 1. The van der Waals surface area contributed by atoms with E-state index in [-0.39, 0.29) is 30.2 Å². The lowest BCUT2D eigenvalue weighted by Gasteiger charge is -1.86. The van der Waals surface area contributed by atoms with E-state index in [0.29, 0.717) is 0 Å². The van der Waals surface area contributed by atoms with Crippen LogP contribution in [0.25, 0.3) is 0 Å². The lowest BCUT2D eigenvalue weighted by molar-refractivity contribution is -0.121. The van der Waals surface area contributed by atoms with Crippen molar-refractivity contribution in [3.63, 3.8) is 0 Å². The van der Waals surface area contributed by atoms with Gasteiger partial charge in [-0.3, -0.25) is 4.79 Å². The number of hydrogen-bond donors (Lipinski definition) is 0. The highest BCUT2D eigenvalue weighted by Gasteiger charge is 2.58. The summed E-state index contributed by atoms with van der Waals surface area (Å²) >= 11 is 0. The fourth-order valence-corrected chi connectivity index (χ4v) is 1.72. The molecule has 54 valence electrons. The summed E-state index contributed by atoms with van der Waals surface area (Å²) in [5, 5.41) is 0. The van der Waals surface area contributed by atoms with Crippen molar-refractivity contribution in [1.82, 2.24) is 0 Å². The molecule has 0 bridgehead atoms. The highest BCUT2D eigenvalue weighted by molar-refractivity contribution is 5.92. The predicted molar refractivity (Wildman–Crippen MR) is 31.6 cm³/mol. The summed E-state index contributed by atoms with van der Waals surface area (Å²) in [6.45, 7) is 0. The number of rotatable bonds is 0. The SMILES string of the molecule is O=C1[C@@H]2O[C@@H]2CC[C@H]2O[C@@H]12. The monoisotopic (exact) mass is 140 g/mol. The fraction of sp³-hybridized carbons (Fsp3) is 0.857. The van der Waals surface area contributed by atoms with E-state index in [1.807, 2.05) is 0 Å². The van der Waals surface area contributed by atoms with Crippen LogP contribution in [0.15, 0.2) is 0 Å². The van der Waals surface area contributed by atoms with Crippen LogP contribution in [0.1, 0.15) is 12.8 Å². The largest absolute Gasteiger partial charge is 0.361 e. The Hall–Kier alpha value is -0.410. The smallest absolute Gasteiger partial charge is 0.195 e. The van der Waals surface area contributed by atoms with E-state index in [1.165, 1.54) is 0 Å². The zero-order valence-electron chi connectivity index (χ0n) is 5.45. The van der Waals surface area contributed by atoms with Gasteiger partial charge in [0.25, 0.3) is 0 Å². The molecule has 10 heavy (non-hydrogen) atoms. The molecule has 3 rings (SSSR count). The summed E-state index contributed by atoms with van der Waals surface area (Å²) in [5.41, 5.74) is 0. The number of epoxide rings is 2. The van der Waals surface area contributed by atoms with Crippen LogP contribution < -0.4 is 0 Å². The summed E-state index contributed by atoms with van der Waals surface area (Å²) in [6.07, 6.45) is 2.36. The lowest BCUT2D eigenvalue weighted by atomic mass is 10.2. The molecule has 3 nitrogen and oxygen atoms in total. The lowest BCUT2D eigenvalue weighted by Crippen LogP contribution is -2.15. The number of fused-ring (bicyclic) bond motifs is 2. The van der Waals surface area contributed by atoms with Gasteiger partial charge in [-0.2, -0.15) is 0 Å². The van der Waals surface area contributed by atoms with Gasteiger partial charge < -0.3 is 9.47 Å². The van der Waals surface area contributed by atoms with Crippen molar-refractivity contribution >= 4 is 5.78 Å². The summed E-state index contributed by atoms with van der Waals surface area (Å²) in [5.74, 6) is 0.188. The van der Waals surface area contributed by atoms with Crippen molar-refractivity contribution in [2.75, 3.05) is 0 Å². The molecule has 0 aromatic rings. The Labute approximate surface area is 58.3 Å². The first-order valence-corrected chi connectivity index (χ1v) is 3.71. The first-order valence-electron chi connectivity index (χ1n) is 3.71. The Bertz CT molecular complexity index is 181. The van der Waals surface area contributed by atoms with Gasteiger partial charge in [-0.15, -0.1) is 0 Å². The number of Topliss-reactive ketones (excluding diaryl/α,β-unsaturated/α-hetero) is 1. The highest BCUT2D eigenvalue weighted by atomic mass is 16.6. The Kier molecular flexibility index (Phi) is 0.754. The maximum atomic E-state index is 11.2. The van der Waals surface area contributed by atoms with Crippen LogP contribution in [0.3, 0.4) is 0 Å². The van der Waals surface area contributed by atoms with E-state index in [4.69, 9.17) is 9.47 Å². The molecule has 3 heteroatoms. The van der Waals surface area contributed by atoms with E-state index in [0.717, 1.165) is 12.8 Å². The maximum Gasteiger partial charge on any atom is 0.195 e. The first kappa shape index (κ1) is 5.27. The molecule has 3 fully saturated rings. The molecule has 0 spiro atoms. The van der Waals surface area contributed by atoms with Crippen molar-refractivity contribution < 1.29 is 14.3 Å². The van der Waals surface area contributed by atoms with Gasteiger partial charge in [-0.1, -0.05) is 0 Å². The van der Waals surface area contributed by atoms with E-state index < -0.39 is 0 Å². The quantitative estimate of drug-likeness (QED) is 0.441. The van der Waals surface area contributed by atoms with Crippen LogP contribution in [-0.2, 0) is 14.3 Å². The van der Waals surface area contributed by atoms with Crippen molar-refractivity contribution in [2.45, 2.75) is 37.3 Å². The third-order valence-electron chi connectivity index (χ3n) is 2.46. The molecular weight excluding hydrogens is 132 g/mol. The summed E-state index contributed by atoms with van der Waals surface area (Å²) in [6, 6.07) is 0. The van der Waals surface area contributed by atoms with Crippen molar-refractivity contribution in [3.8, 4) is 0 Å². The normalized spacial score (nSPS) is 56.6. The van der Waals surface area contributed by atoms with Crippen LogP contribution in [-0.4, -0.2) is 30.2 Å². The van der Waals surface area contributed by atoms with Gasteiger partial charge in [0.2, 0.25) is 0 Å². The maximum absolute atomic E-state index is 11.2. The van der Waals surface area contributed by atoms with E-state index in [9.17, 15) is 4.79 Å². The second kappa shape index (κ2) is 1.43. The molecule has 0 unspecified atom stereocenters. The zero-order chi connectivity index (χ0) is 6.72. The zero-order valence-corrected chi connectivity index (χ0v) is 5.45. The van der Waals surface area contributed by atoms with Gasteiger partial charge in [0.15, 0.2) is 5.78 Å². The standard InChI is InChI=1S/C7H8O3/c8-5-6-3(9-6)1-2-4-7(5)10-4/h3-4,6-7H,1-2H2/t3-,4-,6-,7-/m1/s1. The number of ether oxygens (including phenoxy) is 2. The molecule has 3 aliphatic rings. The minimum absolute atomic E-state index is 0.0856. The predicted octanol–water partition coefficient (Wildman–Crippen LogP) is -0.116. The Morgan fingerprint density at radius 2 is 1.60 bits per heavy atom. The fourth-order valence-electron chi connectivity index (χ4n) is 1.72.